The number of anilines is 1. The zero-order valence-electron chi connectivity index (χ0n) is 26.4. The molecule has 2 aromatic carbocycles. The maximum absolute atomic E-state index is 13.8. The van der Waals surface area contributed by atoms with E-state index in [0.29, 0.717) is 57.1 Å². The van der Waals surface area contributed by atoms with Crippen molar-refractivity contribution in [1.82, 2.24) is 20.5 Å². The first kappa shape index (κ1) is 32.1. The van der Waals surface area contributed by atoms with E-state index in [9.17, 15) is 14.4 Å². The lowest BCUT2D eigenvalue weighted by Gasteiger charge is -2.40. The third-order valence-corrected chi connectivity index (χ3v) is 10.3. The highest BCUT2D eigenvalue weighted by molar-refractivity contribution is 7.14. The van der Waals surface area contributed by atoms with Crippen molar-refractivity contribution in [3.05, 3.63) is 83.3 Å². The number of allylic oxidation sites excluding steroid dienone is 2. The molecule has 3 atom stereocenters. The second-order valence-corrected chi connectivity index (χ2v) is 13.7. The molecule has 0 aliphatic carbocycles. The number of hydrogen-bond donors (Lipinski definition) is 3. The molecule has 1 spiro atoms. The highest BCUT2D eigenvalue weighted by Gasteiger charge is 2.41. The van der Waals surface area contributed by atoms with Crippen molar-refractivity contribution in [3.63, 3.8) is 0 Å². The van der Waals surface area contributed by atoms with Crippen molar-refractivity contribution in [2.24, 2.45) is 11.3 Å². The van der Waals surface area contributed by atoms with Gasteiger partial charge in [-0.25, -0.2) is 4.98 Å². The summed E-state index contributed by atoms with van der Waals surface area (Å²) in [4.78, 5) is 47.5. The van der Waals surface area contributed by atoms with E-state index >= 15 is 0 Å². The Hall–Kier alpha value is -3.86. The second-order valence-electron chi connectivity index (χ2n) is 12.9. The number of fused-ring (bicyclic) bond motifs is 1. The Morgan fingerprint density at radius 2 is 1.85 bits per heavy atom. The second kappa shape index (κ2) is 14.7. The third kappa shape index (κ3) is 7.92. The number of nitrogens with zero attached hydrogens (tertiary/aromatic N) is 2. The van der Waals surface area contributed by atoms with Crippen LogP contribution in [0.5, 0.6) is 0 Å². The van der Waals surface area contributed by atoms with Gasteiger partial charge in [0.05, 0.1) is 17.7 Å². The van der Waals surface area contributed by atoms with Crippen LogP contribution in [-0.2, 0) is 25.5 Å². The summed E-state index contributed by atoms with van der Waals surface area (Å²) in [5.41, 5.74) is 3.47. The molecule has 2 saturated heterocycles. The molecular formula is C36H43N5O4S. The summed E-state index contributed by atoms with van der Waals surface area (Å²) in [6, 6.07) is 17.3. The van der Waals surface area contributed by atoms with Crippen LogP contribution in [-0.4, -0.2) is 72.5 Å². The van der Waals surface area contributed by atoms with Gasteiger partial charge in [-0.1, -0.05) is 72.3 Å². The minimum atomic E-state index is -0.675. The minimum absolute atomic E-state index is 0.0564. The number of ether oxygens (including phenoxy) is 1. The first-order chi connectivity index (χ1) is 22.4. The van der Waals surface area contributed by atoms with E-state index in [4.69, 9.17) is 4.74 Å². The Bertz CT molecular complexity index is 1530. The molecule has 3 aliphatic heterocycles. The first-order valence-electron chi connectivity index (χ1n) is 16.3. The largest absolute Gasteiger partial charge is 0.381 e. The lowest BCUT2D eigenvalue weighted by atomic mass is 9.75. The lowest BCUT2D eigenvalue weighted by molar-refractivity contribution is -0.140. The molecule has 6 rings (SSSR count). The van der Waals surface area contributed by atoms with Crippen LogP contribution in [0.2, 0.25) is 0 Å². The fourth-order valence-corrected chi connectivity index (χ4v) is 7.49. The molecule has 9 nitrogen and oxygen atoms in total. The van der Waals surface area contributed by atoms with Gasteiger partial charge in [0.15, 0.2) is 5.13 Å². The van der Waals surface area contributed by atoms with Crippen LogP contribution in [0.25, 0.3) is 11.3 Å². The summed E-state index contributed by atoms with van der Waals surface area (Å²) in [6.07, 6.45) is 8.07. The Balaban J connectivity index is 1.13. The maximum Gasteiger partial charge on any atom is 0.243 e. The molecule has 3 aliphatic rings. The fraction of sp³-hybridized carbons (Fsp3) is 0.444. The number of likely N-dealkylation sites (tertiary alicyclic amines) is 1. The number of amides is 3. The van der Waals surface area contributed by atoms with Crippen LogP contribution < -0.4 is 16.0 Å². The van der Waals surface area contributed by atoms with Gasteiger partial charge in [-0.3, -0.25) is 19.3 Å². The van der Waals surface area contributed by atoms with Gasteiger partial charge in [-0.15, -0.1) is 11.3 Å². The Kier molecular flexibility index (Phi) is 10.3. The van der Waals surface area contributed by atoms with Crippen molar-refractivity contribution >= 4 is 34.2 Å². The highest BCUT2D eigenvalue weighted by atomic mass is 32.1. The Morgan fingerprint density at radius 1 is 1.07 bits per heavy atom. The summed E-state index contributed by atoms with van der Waals surface area (Å²) in [5, 5.41) is 12.0. The molecule has 0 bridgehead atoms. The van der Waals surface area contributed by atoms with Gasteiger partial charge in [0.25, 0.3) is 0 Å². The molecule has 3 N–H and O–H groups in total. The Labute approximate surface area is 274 Å². The molecule has 2 fully saturated rings. The Morgan fingerprint density at radius 3 is 2.63 bits per heavy atom. The smallest absolute Gasteiger partial charge is 0.243 e. The van der Waals surface area contributed by atoms with E-state index in [-0.39, 0.29) is 36.2 Å². The maximum atomic E-state index is 13.8. The number of thiazole rings is 1. The monoisotopic (exact) mass is 641 g/mol. The van der Waals surface area contributed by atoms with Crippen molar-refractivity contribution in [2.45, 2.75) is 57.5 Å². The van der Waals surface area contributed by atoms with Gasteiger partial charge in [-0.2, -0.15) is 0 Å². The van der Waals surface area contributed by atoms with Crippen LogP contribution in [0.3, 0.4) is 0 Å². The summed E-state index contributed by atoms with van der Waals surface area (Å²) in [6.45, 7) is 4.75. The van der Waals surface area contributed by atoms with Crippen molar-refractivity contribution in [3.8, 4) is 11.3 Å². The number of benzene rings is 2. The zero-order chi connectivity index (χ0) is 31.9. The molecule has 0 saturated carbocycles. The number of nitrogens with one attached hydrogen (secondary N) is 3. The zero-order valence-corrected chi connectivity index (χ0v) is 27.2. The molecule has 3 amide bonds. The van der Waals surface area contributed by atoms with Crippen LogP contribution in [0.4, 0.5) is 5.13 Å². The van der Waals surface area contributed by atoms with Crippen LogP contribution in [0.15, 0.2) is 72.1 Å². The van der Waals surface area contributed by atoms with Gasteiger partial charge in [0.2, 0.25) is 17.7 Å². The average Bonchev–Trinajstić information content (AvgIpc) is 3.52. The van der Waals surface area contributed by atoms with E-state index in [0.717, 1.165) is 29.7 Å². The number of carbonyl (C=O) groups excluding carboxylic acids is 3. The van der Waals surface area contributed by atoms with Gasteiger partial charge in [0.1, 0.15) is 6.04 Å². The molecule has 0 unspecified atom stereocenters. The molecule has 10 heteroatoms. The third-order valence-electron chi connectivity index (χ3n) is 9.56. The molecular weight excluding hydrogens is 598 g/mol. The van der Waals surface area contributed by atoms with Crippen molar-refractivity contribution in [2.75, 3.05) is 38.2 Å². The highest BCUT2D eigenvalue weighted by Crippen LogP contribution is 2.36. The number of rotatable bonds is 6. The standard InChI is InChI=1S/C36H43N5O4S/c1-25-10-12-27(13-11-25)31-24-46-35(39-31)40-32(42)23-41-18-14-29-28(22-41)9-5-6-15-36(16-19-45-20-17-36)34(44)38-30(33(43)37-29)21-26-7-3-2-4-8-26/h2-8,10-13,24,28-30H,9,14-23H2,1H3,(H,37,43)(H,38,44)(H,39,40,42)/b6-5+/t28-,29+,30-/m1/s1. The number of piperidine rings is 1. The van der Waals surface area contributed by atoms with Crippen LogP contribution >= 0.6 is 11.3 Å². The van der Waals surface area contributed by atoms with Crippen LogP contribution in [0.1, 0.15) is 43.2 Å². The summed E-state index contributed by atoms with van der Waals surface area (Å²) in [5.74, 6) is -0.185. The van der Waals surface area contributed by atoms with Gasteiger partial charge in [0, 0.05) is 49.7 Å². The predicted molar refractivity (Wildman–Crippen MR) is 180 cm³/mol. The molecule has 46 heavy (non-hydrogen) atoms. The topological polar surface area (TPSA) is 113 Å². The van der Waals surface area contributed by atoms with E-state index in [1.165, 1.54) is 16.9 Å². The van der Waals surface area contributed by atoms with E-state index < -0.39 is 11.5 Å². The molecule has 242 valence electrons. The van der Waals surface area contributed by atoms with Crippen LogP contribution in [0, 0.1) is 18.3 Å². The lowest BCUT2D eigenvalue weighted by Crippen LogP contribution is -2.58. The van der Waals surface area contributed by atoms with Gasteiger partial charge < -0.3 is 20.7 Å². The number of carbonyl (C=O) groups is 3. The average molecular weight is 642 g/mol. The van der Waals surface area contributed by atoms with Crippen molar-refractivity contribution < 1.29 is 19.1 Å². The molecule has 4 heterocycles. The summed E-state index contributed by atoms with van der Waals surface area (Å²) >= 11 is 1.42. The quantitative estimate of drug-likeness (QED) is 0.336. The van der Waals surface area contributed by atoms with E-state index in [2.05, 4.69) is 57.0 Å². The minimum Gasteiger partial charge on any atom is -0.381 e. The number of hydrogen-bond acceptors (Lipinski definition) is 7. The molecule has 3 aromatic rings. The van der Waals surface area contributed by atoms with Gasteiger partial charge in [-0.05, 0) is 50.5 Å². The normalized spacial score (nSPS) is 24.5. The molecule has 0 radical (unpaired) electrons. The number of aryl methyl sites for hydroxylation is 1. The molecule has 1 aromatic heterocycles. The fourth-order valence-electron chi connectivity index (χ4n) is 6.75. The summed E-state index contributed by atoms with van der Waals surface area (Å²) < 4.78 is 5.61. The SMILES string of the molecule is Cc1ccc(-c2csc(NC(=O)CN3CC[C@@H]4NC(=O)[C@@H](Cc5ccccc5)NC(=O)C5(C/C=C/C[C@@H]4C3)CCOCC5)n2)cc1. The van der Waals surface area contributed by atoms with E-state index in [1.54, 1.807) is 0 Å². The first-order valence-corrected chi connectivity index (χ1v) is 17.2. The predicted octanol–water partition coefficient (Wildman–Crippen LogP) is 4.74. The summed E-state index contributed by atoms with van der Waals surface area (Å²) in [7, 11) is 0. The number of aromatic nitrogens is 1. The van der Waals surface area contributed by atoms with E-state index in [1.807, 2.05) is 47.8 Å². The van der Waals surface area contributed by atoms with Crippen molar-refractivity contribution in [1.29, 1.82) is 0 Å². The van der Waals surface area contributed by atoms with Gasteiger partial charge >= 0.3 is 0 Å².